The molecule has 1 amide bonds. The van der Waals surface area contributed by atoms with Gasteiger partial charge in [0.2, 0.25) is 0 Å². The van der Waals surface area contributed by atoms with Crippen LogP contribution in [0.15, 0.2) is 11.3 Å². The molecule has 0 saturated carbocycles. The van der Waals surface area contributed by atoms with Crippen molar-refractivity contribution in [2.45, 2.75) is 0 Å². The maximum Gasteiger partial charge on any atom is 0.265 e. The molecule has 0 unspecified atom stereocenters. The lowest BCUT2D eigenvalue weighted by molar-refractivity contribution is -0.116. The van der Waals surface area contributed by atoms with Gasteiger partial charge in [-0.1, -0.05) is 0 Å². The number of nitriles is 1. The van der Waals surface area contributed by atoms with Crippen LogP contribution in [0.4, 0.5) is 0 Å². The lowest BCUT2D eigenvalue weighted by atomic mass is 10.3. The number of hydrogen-bond acceptors (Lipinski definition) is 3. The summed E-state index contributed by atoms with van der Waals surface area (Å²) in [4.78, 5) is 10.5. The third-order valence-electron chi connectivity index (χ3n) is 1.04. The minimum atomic E-state index is -0.491. The van der Waals surface area contributed by atoms with E-state index >= 15 is 0 Å². The van der Waals surface area contributed by atoms with Gasteiger partial charge in [0.15, 0.2) is 5.57 Å². The Morgan fingerprint density at radius 2 is 2.44 bits per heavy atom. The number of aliphatic hydroxyl groups excluding tert-OH is 1. The van der Waals surface area contributed by atoms with Crippen LogP contribution in [-0.4, -0.2) is 17.6 Å². The fourth-order valence-corrected chi connectivity index (χ4v) is 0.587. The Labute approximate surface area is 51.4 Å². The van der Waals surface area contributed by atoms with Crippen molar-refractivity contribution < 1.29 is 9.90 Å². The summed E-state index contributed by atoms with van der Waals surface area (Å²) in [7, 11) is 0. The first kappa shape index (κ1) is 5.63. The normalized spacial score (nSPS) is 17.4. The molecular formula is C5H4N2O2. The van der Waals surface area contributed by atoms with Crippen molar-refractivity contribution >= 4 is 5.91 Å². The summed E-state index contributed by atoms with van der Waals surface area (Å²) in [6, 6.07) is 1.58. The second-order valence-corrected chi connectivity index (χ2v) is 1.62. The lowest BCUT2D eigenvalue weighted by Crippen LogP contribution is -2.16. The van der Waals surface area contributed by atoms with Gasteiger partial charge in [-0.15, -0.1) is 0 Å². The monoisotopic (exact) mass is 124 g/mol. The van der Waals surface area contributed by atoms with Crippen LogP contribution in [0.25, 0.3) is 0 Å². The first-order valence-corrected chi connectivity index (χ1v) is 2.36. The molecule has 9 heavy (non-hydrogen) atoms. The summed E-state index contributed by atoms with van der Waals surface area (Å²) in [6.07, 6.45) is 0. The smallest absolute Gasteiger partial charge is 0.265 e. The predicted molar refractivity (Wildman–Crippen MR) is 28.3 cm³/mol. The van der Waals surface area contributed by atoms with Gasteiger partial charge < -0.3 is 10.4 Å². The maximum atomic E-state index is 10.5. The van der Waals surface area contributed by atoms with Crippen molar-refractivity contribution in [3.05, 3.63) is 11.3 Å². The van der Waals surface area contributed by atoms with Gasteiger partial charge in [-0.05, 0) is 0 Å². The van der Waals surface area contributed by atoms with Crippen LogP contribution in [-0.2, 0) is 4.79 Å². The molecule has 4 heteroatoms. The number of nitrogens with zero attached hydrogens (tertiary/aromatic N) is 1. The van der Waals surface area contributed by atoms with E-state index < -0.39 is 5.91 Å². The second-order valence-electron chi connectivity index (χ2n) is 1.62. The fraction of sp³-hybridized carbons (Fsp3) is 0.200. The molecule has 0 saturated heterocycles. The van der Waals surface area contributed by atoms with Crippen molar-refractivity contribution in [1.82, 2.24) is 5.32 Å². The molecule has 1 aliphatic rings. The van der Waals surface area contributed by atoms with E-state index in [1.54, 1.807) is 6.07 Å². The second kappa shape index (κ2) is 1.78. The average molecular weight is 124 g/mol. The van der Waals surface area contributed by atoms with E-state index in [2.05, 4.69) is 5.32 Å². The Morgan fingerprint density at radius 3 is 2.67 bits per heavy atom. The zero-order valence-corrected chi connectivity index (χ0v) is 4.51. The topological polar surface area (TPSA) is 73.1 Å². The highest BCUT2D eigenvalue weighted by Gasteiger charge is 2.20. The largest absolute Gasteiger partial charge is 0.509 e. The van der Waals surface area contributed by atoms with E-state index in [-0.39, 0.29) is 17.9 Å². The molecular weight excluding hydrogens is 120 g/mol. The molecule has 2 N–H and O–H groups in total. The van der Waals surface area contributed by atoms with Crippen LogP contribution in [0.2, 0.25) is 0 Å². The van der Waals surface area contributed by atoms with Gasteiger partial charge >= 0.3 is 0 Å². The highest BCUT2D eigenvalue weighted by molar-refractivity contribution is 6.00. The highest BCUT2D eigenvalue weighted by Crippen LogP contribution is 2.05. The first-order valence-electron chi connectivity index (χ1n) is 2.36. The summed E-state index contributed by atoms with van der Waals surface area (Å²) < 4.78 is 0. The van der Waals surface area contributed by atoms with E-state index in [9.17, 15) is 4.79 Å². The van der Waals surface area contributed by atoms with Gasteiger partial charge in [0.05, 0.1) is 6.54 Å². The first-order chi connectivity index (χ1) is 4.25. The molecule has 4 nitrogen and oxygen atoms in total. The lowest BCUT2D eigenvalue weighted by Gasteiger charge is -1.83. The van der Waals surface area contributed by atoms with Crippen LogP contribution in [0, 0.1) is 11.3 Å². The number of carbonyl (C=O) groups is 1. The third kappa shape index (κ3) is 0.722. The van der Waals surface area contributed by atoms with E-state index in [0.717, 1.165) is 0 Å². The van der Waals surface area contributed by atoms with Crippen LogP contribution < -0.4 is 5.32 Å². The number of hydrogen-bond donors (Lipinski definition) is 2. The van der Waals surface area contributed by atoms with Crippen LogP contribution in [0.5, 0.6) is 0 Å². The van der Waals surface area contributed by atoms with Crippen LogP contribution >= 0.6 is 0 Å². The van der Waals surface area contributed by atoms with Crippen LogP contribution in [0.3, 0.4) is 0 Å². The predicted octanol–water partition coefficient (Wildman–Crippen LogP) is -0.548. The van der Waals surface area contributed by atoms with Crippen LogP contribution in [0.1, 0.15) is 0 Å². The third-order valence-corrected chi connectivity index (χ3v) is 1.04. The van der Waals surface area contributed by atoms with E-state index in [1.807, 2.05) is 0 Å². The molecule has 1 heterocycles. The van der Waals surface area contributed by atoms with Gasteiger partial charge in [-0.25, -0.2) is 0 Å². The number of carbonyl (C=O) groups excluding carboxylic acids is 1. The summed E-state index contributed by atoms with van der Waals surface area (Å²) in [5.41, 5.74) is -0.171. The Morgan fingerprint density at radius 1 is 1.78 bits per heavy atom. The van der Waals surface area contributed by atoms with Gasteiger partial charge in [-0.3, -0.25) is 4.79 Å². The van der Waals surface area contributed by atoms with Crippen molar-refractivity contribution in [3.8, 4) is 6.07 Å². The van der Waals surface area contributed by atoms with Crippen molar-refractivity contribution in [2.24, 2.45) is 0 Å². The Kier molecular flexibility index (Phi) is 1.12. The molecule has 0 aromatic rings. The maximum absolute atomic E-state index is 10.5. The fourth-order valence-electron chi connectivity index (χ4n) is 0.587. The average Bonchev–Trinajstić information content (AvgIpc) is 2.12. The molecule has 0 aromatic carbocycles. The summed E-state index contributed by atoms with van der Waals surface area (Å²) in [5, 5.41) is 19.2. The minimum absolute atomic E-state index is 0.0850. The Balaban J connectivity index is 2.99. The van der Waals surface area contributed by atoms with Gasteiger partial charge in [0.1, 0.15) is 11.8 Å². The van der Waals surface area contributed by atoms with E-state index in [4.69, 9.17) is 10.4 Å². The van der Waals surface area contributed by atoms with Crippen molar-refractivity contribution in [1.29, 1.82) is 5.26 Å². The zero-order valence-electron chi connectivity index (χ0n) is 4.51. The van der Waals surface area contributed by atoms with Gasteiger partial charge in [0, 0.05) is 0 Å². The van der Waals surface area contributed by atoms with Crippen molar-refractivity contribution in [2.75, 3.05) is 6.54 Å². The number of amides is 1. The number of aliphatic hydroxyl groups is 1. The molecule has 1 rings (SSSR count). The Bertz CT molecular complexity index is 224. The number of nitrogens with one attached hydrogen (secondary N) is 1. The Hall–Kier alpha value is -1.50. The zero-order chi connectivity index (χ0) is 6.85. The minimum Gasteiger partial charge on any atom is -0.509 e. The molecule has 0 fully saturated rings. The molecule has 0 spiro atoms. The number of rotatable bonds is 0. The standard InChI is InChI=1S/C5H4N2O2/c6-1-3-4(8)2-7-5(3)9/h8H,2H2,(H,7,9). The van der Waals surface area contributed by atoms with Crippen molar-refractivity contribution in [3.63, 3.8) is 0 Å². The van der Waals surface area contributed by atoms with Gasteiger partial charge in [0.25, 0.3) is 5.91 Å². The summed E-state index contributed by atoms with van der Waals surface area (Å²) in [6.45, 7) is 0.0850. The molecule has 46 valence electrons. The summed E-state index contributed by atoms with van der Waals surface area (Å²) >= 11 is 0. The quantitative estimate of drug-likeness (QED) is 0.455. The SMILES string of the molecule is N#CC1=C(O)CNC1=O. The van der Waals surface area contributed by atoms with Gasteiger partial charge in [-0.2, -0.15) is 5.26 Å². The molecule has 0 aliphatic carbocycles. The van der Waals surface area contributed by atoms with E-state index in [1.165, 1.54) is 0 Å². The molecule has 0 aromatic heterocycles. The summed E-state index contributed by atoms with van der Waals surface area (Å²) in [5.74, 6) is -0.655. The van der Waals surface area contributed by atoms with E-state index in [0.29, 0.717) is 0 Å². The molecule has 0 bridgehead atoms. The molecule has 0 radical (unpaired) electrons. The highest BCUT2D eigenvalue weighted by atomic mass is 16.3. The molecule has 1 aliphatic heterocycles. The molecule has 0 atom stereocenters.